The van der Waals surface area contributed by atoms with Crippen molar-refractivity contribution in [1.82, 2.24) is 0 Å². The number of hydrogen-bond donors (Lipinski definition) is 1. The molecular weight excluding hydrogens is 162 g/mol. The van der Waals surface area contributed by atoms with Gasteiger partial charge >= 0.3 is 0 Å². The Hall–Kier alpha value is -1.22. The molecule has 0 atom stereocenters. The molecule has 0 aliphatic heterocycles. The number of aliphatic hydroxyl groups is 1. The summed E-state index contributed by atoms with van der Waals surface area (Å²) in [6.07, 6.45) is 0. The molecule has 1 rings (SSSR count). The van der Waals surface area contributed by atoms with Crippen LogP contribution in [0.25, 0.3) is 5.57 Å². The number of halogens is 2. The number of aliphatic hydroxyl groups excluding tert-OH is 1. The molecular formula is C9H8F2O. The third-order valence-electron chi connectivity index (χ3n) is 1.46. The van der Waals surface area contributed by atoms with Gasteiger partial charge in [0, 0.05) is 6.07 Å². The summed E-state index contributed by atoms with van der Waals surface area (Å²) in [7, 11) is 0. The van der Waals surface area contributed by atoms with Crippen LogP contribution in [0.5, 0.6) is 0 Å². The van der Waals surface area contributed by atoms with Crippen LogP contribution < -0.4 is 0 Å². The topological polar surface area (TPSA) is 20.2 Å². The SMILES string of the molecule is C=C(CO)c1cc(F)cc(F)c1. The van der Waals surface area contributed by atoms with Gasteiger partial charge in [-0.3, -0.25) is 0 Å². The first-order valence-electron chi connectivity index (χ1n) is 3.38. The molecule has 1 N–H and O–H groups in total. The van der Waals surface area contributed by atoms with Gasteiger partial charge in [0.15, 0.2) is 0 Å². The monoisotopic (exact) mass is 170 g/mol. The highest BCUT2D eigenvalue weighted by molar-refractivity contribution is 5.63. The van der Waals surface area contributed by atoms with Crippen LogP contribution in [0.4, 0.5) is 8.78 Å². The Morgan fingerprint density at radius 1 is 1.25 bits per heavy atom. The first-order chi connectivity index (χ1) is 5.63. The fourth-order valence-electron chi connectivity index (χ4n) is 0.849. The predicted molar refractivity (Wildman–Crippen MR) is 42.5 cm³/mol. The van der Waals surface area contributed by atoms with Gasteiger partial charge in [0.05, 0.1) is 6.61 Å². The summed E-state index contributed by atoms with van der Waals surface area (Å²) in [5, 5.41) is 8.63. The third kappa shape index (κ3) is 1.89. The van der Waals surface area contributed by atoms with Gasteiger partial charge in [-0.2, -0.15) is 0 Å². The Morgan fingerprint density at radius 2 is 1.75 bits per heavy atom. The molecule has 3 heteroatoms. The molecule has 1 aromatic rings. The van der Waals surface area contributed by atoms with E-state index >= 15 is 0 Å². The van der Waals surface area contributed by atoms with Crippen LogP contribution in [-0.4, -0.2) is 11.7 Å². The van der Waals surface area contributed by atoms with Crippen molar-refractivity contribution in [3.63, 3.8) is 0 Å². The molecule has 0 amide bonds. The summed E-state index contributed by atoms with van der Waals surface area (Å²) >= 11 is 0. The number of rotatable bonds is 2. The van der Waals surface area contributed by atoms with Gasteiger partial charge in [0.1, 0.15) is 11.6 Å². The standard InChI is InChI=1S/C9H8F2O/c1-6(5-12)7-2-8(10)4-9(11)3-7/h2-4,12H,1,5H2. The lowest BCUT2D eigenvalue weighted by Crippen LogP contribution is -1.91. The molecule has 1 aromatic carbocycles. The molecule has 0 aliphatic rings. The molecule has 64 valence electrons. The molecule has 0 unspecified atom stereocenters. The molecule has 0 heterocycles. The predicted octanol–water partition coefficient (Wildman–Crippen LogP) is 1.97. The summed E-state index contributed by atoms with van der Waals surface area (Å²) in [6, 6.07) is 3.03. The van der Waals surface area contributed by atoms with Crippen molar-refractivity contribution < 1.29 is 13.9 Å². The summed E-state index contributed by atoms with van der Waals surface area (Å²) in [4.78, 5) is 0. The third-order valence-corrected chi connectivity index (χ3v) is 1.46. The molecule has 0 aromatic heterocycles. The van der Waals surface area contributed by atoms with E-state index in [1.54, 1.807) is 0 Å². The highest BCUT2D eigenvalue weighted by Crippen LogP contribution is 2.14. The molecule has 0 fully saturated rings. The second-order valence-electron chi connectivity index (χ2n) is 2.42. The normalized spacial score (nSPS) is 9.92. The lowest BCUT2D eigenvalue weighted by molar-refractivity contribution is 0.350. The van der Waals surface area contributed by atoms with Crippen LogP contribution in [-0.2, 0) is 0 Å². The van der Waals surface area contributed by atoms with Gasteiger partial charge in [-0.1, -0.05) is 6.58 Å². The van der Waals surface area contributed by atoms with Crippen molar-refractivity contribution in [3.8, 4) is 0 Å². The summed E-state index contributed by atoms with van der Waals surface area (Å²) in [5.74, 6) is -1.33. The van der Waals surface area contributed by atoms with Crippen molar-refractivity contribution in [1.29, 1.82) is 0 Å². The molecule has 0 saturated carbocycles. The van der Waals surface area contributed by atoms with E-state index in [0.717, 1.165) is 18.2 Å². The zero-order valence-corrected chi connectivity index (χ0v) is 6.35. The lowest BCUT2D eigenvalue weighted by Gasteiger charge is -2.01. The van der Waals surface area contributed by atoms with Gasteiger partial charge in [0.2, 0.25) is 0 Å². The van der Waals surface area contributed by atoms with Crippen LogP contribution in [0.3, 0.4) is 0 Å². The van der Waals surface area contributed by atoms with E-state index in [2.05, 4.69) is 6.58 Å². The van der Waals surface area contributed by atoms with Crippen molar-refractivity contribution in [3.05, 3.63) is 42.0 Å². The largest absolute Gasteiger partial charge is 0.392 e. The van der Waals surface area contributed by atoms with E-state index in [-0.39, 0.29) is 12.2 Å². The first-order valence-corrected chi connectivity index (χ1v) is 3.38. The van der Waals surface area contributed by atoms with Gasteiger partial charge in [-0.25, -0.2) is 8.78 Å². The minimum atomic E-state index is -0.667. The number of hydrogen-bond acceptors (Lipinski definition) is 1. The smallest absolute Gasteiger partial charge is 0.126 e. The lowest BCUT2D eigenvalue weighted by atomic mass is 10.1. The zero-order chi connectivity index (χ0) is 9.14. The highest BCUT2D eigenvalue weighted by atomic mass is 19.1. The van der Waals surface area contributed by atoms with Crippen molar-refractivity contribution in [2.75, 3.05) is 6.61 Å². The first kappa shape index (κ1) is 8.87. The maximum absolute atomic E-state index is 12.6. The fraction of sp³-hybridized carbons (Fsp3) is 0.111. The molecule has 0 saturated heterocycles. The second-order valence-corrected chi connectivity index (χ2v) is 2.42. The average Bonchev–Trinajstić information content (AvgIpc) is 2.01. The fourth-order valence-corrected chi connectivity index (χ4v) is 0.849. The van der Waals surface area contributed by atoms with Crippen LogP contribution in [0.15, 0.2) is 24.8 Å². The Bertz CT molecular complexity index is 287. The minimum Gasteiger partial charge on any atom is -0.392 e. The number of benzene rings is 1. The maximum Gasteiger partial charge on any atom is 0.126 e. The molecule has 0 bridgehead atoms. The van der Waals surface area contributed by atoms with E-state index in [0.29, 0.717) is 5.57 Å². The van der Waals surface area contributed by atoms with E-state index in [1.807, 2.05) is 0 Å². The van der Waals surface area contributed by atoms with Crippen molar-refractivity contribution in [2.24, 2.45) is 0 Å². The quantitative estimate of drug-likeness (QED) is 0.719. The van der Waals surface area contributed by atoms with Crippen LogP contribution in [0.1, 0.15) is 5.56 Å². The molecule has 1 nitrogen and oxygen atoms in total. The minimum absolute atomic E-state index is 0.287. The average molecular weight is 170 g/mol. The van der Waals surface area contributed by atoms with Crippen molar-refractivity contribution in [2.45, 2.75) is 0 Å². The highest BCUT2D eigenvalue weighted by Gasteiger charge is 2.02. The Kier molecular flexibility index (Phi) is 2.55. The molecule has 0 radical (unpaired) electrons. The van der Waals surface area contributed by atoms with Crippen LogP contribution in [0.2, 0.25) is 0 Å². The maximum atomic E-state index is 12.6. The summed E-state index contributed by atoms with van der Waals surface area (Å²) < 4.78 is 25.1. The second kappa shape index (κ2) is 3.45. The van der Waals surface area contributed by atoms with Gasteiger partial charge in [0.25, 0.3) is 0 Å². The Labute approximate surface area is 69.0 Å². The van der Waals surface area contributed by atoms with E-state index < -0.39 is 11.6 Å². The molecule has 12 heavy (non-hydrogen) atoms. The van der Waals surface area contributed by atoms with Crippen molar-refractivity contribution >= 4 is 5.57 Å². The van der Waals surface area contributed by atoms with Gasteiger partial charge in [-0.05, 0) is 23.3 Å². The molecule has 0 spiro atoms. The van der Waals surface area contributed by atoms with E-state index in [9.17, 15) is 8.78 Å². The van der Waals surface area contributed by atoms with Gasteiger partial charge in [-0.15, -0.1) is 0 Å². The van der Waals surface area contributed by atoms with Crippen LogP contribution >= 0.6 is 0 Å². The van der Waals surface area contributed by atoms with E-state index in [1.165, 1.54) is 0 Å². The van der Waals surface area contributed by atoms with Gasteiger partial charge < -0.3 is 5.11 Å². The molecule has 0 aliphatic carbocycles. The Morgan fingerprint density at radius 3 is 2.17 bits per heavy atom. The summed E-state index contributed by atoms with van der Waals surface area (Å²) in [5.41, 5.74) is 0.586. The Balaban J connectivity index is 3.08. The van der Waals surface area contributed by atoms with E-state index in [4.69, 9.17) is 5.11 Å². The van der Waals surface area contributed by atoms with Crippen LogP contribution in [0, 0.1) is 11.6 Å². The summed E-state index contributed by atoms with van der Waals surface area (Å²) in [6.45, 7) is 3.14. The zero-order valence-electron chi connectivity index (χ0n) is 6.35.